The van der Waals surface area contributed by atoms with E-state index in [0.717, 1.165) is 86.4 Å². The molecular weight excluding hydrogens is 418 g/mol. The van der Waals surface area contributed by atoms with Gasteiger partial charge in [0.1, 0.15) is 13.2 Å². The van der Waals surface area contributed by atoms with E-state index in [-0.39, 0.29) is 5.91 Å². The lowest BCUT2D eigenvalue weighted by Gasteiger charge is -2.20. The second kappa shape index (κ2) is 10.3. The van der Waals surface area contributed by atoms with Crippen LogP contribution in [-0.2, 0) is 17.8 Å². The quantitative estimate of drug-likeness (QED) is 0.549. The summed E-state index contributed by atoms with van der Waals surface area (Å²) < 4.78 is 13.7. The van der Waals surface area contributed by atoms with Gasteiger partial charge in [-0.1, -0.05) is 25.8 Å². The number of nitrogens with zero attached hydrogens (tertiary/aromatic N) is 2. The molecule has 2 aliphatic heterocycles. The summed E-state index contributed by atoms with van der Waals surface area (Å²) in [5, 5.41) is 0. The van der Waals surface area contributed by atoms with Crippen LogP contribution in [0.3, 0.4) is 0 Å². The number of fused-ring (bicyclic) bond motifs is 1. The molecule has 1 fully saturated rings. The molecule has 1 aromatic carbocycles. The van der Waals surface area contributed by atoms with Crippen LogP contribution in [0, 0.1) is 6.92 Å². The number of likely N-dealkylation sites (tertiary alicyclic amines) is 1. The van der Waals surface area contributed by atoms with Crippen LogP contribution in [0.25, 0.3) is 11.1 Å². The fourth-order valence-corrected chi connectivity index (χ4v) is 5.07. The number of aromatic nitrogens is 1. The lowest BCUT2D eigenvalue weighted by Crippen LogP contribution is -2.26. The van der Waals surface area contributed by atoms with Gasteiger partial charge in [-0.3, -0.25) is 9.59 Å². The molecule has 2 N–H and O–H groups in total. The van der Waals surface area contributed by atoms with E-state index >= 15 is 0 Å². The van der Waals surface area contributed by atoms with Crippen molar-refractivity contribution >= 4 is 11.8 Å². The summed E-state index contributed by atoms with van der Waals surface area (Å²) in [6, 6.07) is 5.87. The fraction of sp³-hybridized carbons (Fsp3) is 0.538. The van der Waals surface area contributed by atoms with Gasteiger partial charge in [0, 0.05) is 43.0 Å². The average molecular weight is 454 g/mol. The highest BCUT2D eigenvalue weighted by Crippen LogP contribution is 2.39. The number of ether oxygens (including phenoxy) is 2. The Morgan fingerprint density at radius 2 is 1.88 bits per heavy atom. The Hall–Kier alpha value is -2.96. The molecule has 33 heavy (non-hydrogen) atoms. The maximum Gasteiger partial charge on any atom is 0.251 e. The fourth-order valence-electron chi connectivity index (χ4n) is 5.07. The predicted octanol–water partition coefficient (Wildman–Crippen LogP) is 4.08. The zero-order valence-corrected chi connectivity index (χ0v) is 19.8. The van der Waals surface area contributed by atoms with Gasteiger partial charge in [0.2, 0.25) is 5.91 Å². The molecule has 2 aliphatic rings. The maximum absolute atomic E-state index is 12.6. The second-order valence-corrected chi connectivity index (χ2v) is 8.95. The molecule has 0 spiro atoms. The summed E-state index contributed by atoms with van der Waals surface area (Å²) in [5.41, 5.74) is 10.4. The van der Waals surface area contributed by atoms with Gasteiger partial charge in [-0.05, 0) is 50.3 Å². The molecule has 0 radical (unpaired) electrons. The van der Waals surface area contributed by atoms with Gasteiger partial charge in [-0.2, -0.15) is 0 Å². The van der Waals surface area contributed by atoms with Crippen molar-refractivity contribution < 1.29 is 19.1 Å². The second-order valence-electron chi connectivity index (χ2n) is 8.95. The summed E-state index contributed by atoms with van der Waals surface area (Å²) in [5.74, 6) is 1.26. The maximum atomic E-state index is 12.6. The first-order chi connectivity index (χ1) is 16.0. The Kier molecular flexibility index (Phi) is 7.26. The topological polar surface area (TPSA) is 86.8 Å². The number of nitrogens with two attached hydrogens (primary N) is 1. The van der Waals surface area contributed by atoms with Crippen molar-refractivity contribution in [3.05, 3.63) is 35.2 Å². The van der Waals surface area contributed by atoms with Gasteiger partial charge in [0.15, 0.2) is 11.5 Å². The minimum atomic E-state index is -0.414. The normalized spacial score (nSPS) is 15.3. The Bertz CT molecular complexity index is 1030. The highest BCUT2D eigenvalue weighted by Gasteiger charge is 2.26. The van der Waals surface area contributed by atoms with Gasteiger partial charge >= 0.3 is 0 Å². The van der Waals surface area contributed by atoms with Crippen LogP contribution in [0.15, 0.2) is 18.2 Å². The molecule has 0 saturated carbocycles. The number of rotatable bonds is 10. The molecule has 0 atom stereocenters. The van der Waals surface area contributed by atoms with Crippen molar-refractivity contribution in [3.63, 3.8) is 0 Å². The molecule has 1 aromatic heterocycles. The molecule has 0 aliphatic carbocycles. The Labute approximate surface area is 195 Å². The summed E-state index contributed by atoms with van der Waals surface area (Å²) in [7, 11) is 0. The van der Waals surface area contributed by atoms with E-state index in [2.05, 4.69) is 11.5 Å². The van der Waals surface area contributed by atoms with E-state index in [4.69, 9.17) is 15.2 Å². The molecule has 4 rings (SSSR count). The van der Waals surface area contributed by atoms with Crippen molar-refractivity contribution in [1.29, 1.82) is 0 Å². The van der Waals surface area contributed by atoms with Gasteiger partial charge in [-0.15, -0.1) is 0 Å². The minimum absolute atomic E-state index is 0.247. The number of hydrogen-bond acceptors (Lipinski definition) is 4. The minimum Gasteiger partial charge on any atom is -0.486 e. The molecule has 0 bridgehead atoms. The summed E-state index contributed by atoms with van der Waals surface area (Å²) in [6.45, 7) is 7.56. The number of benzene rings is 1. The van der Waals surface area contributed by atoms with E-state index in [0.29, 0.717) is 30.9 Å². The zero-order chi connectivity index (χ0) is 23.4. The van der Waals surface area contributed by atoms with E-state index in [1.807, 2.05) is 30.0 Å². The average Bonchev–Trinajstić information content (AvgIpc) is 3.34. The first-order valence-corrected chi connectivity index (χ1v) is 12.2. The first-order valence-electron chi connectivity index (χ1n) is 12.2. The Morgan fingerprint density at radius 3 is 2.58 bits per heavy atom. The van der Waals surface area contributed by atoms with Crippen LogP contribution >= 0.6 is 0 Å². The van der Waals surface area contributed by atoms with Crippen molar-refractivity contribution in [2.24, 2.45) is 5.73 Å². The van der Waals surface area contributed by atoms with Crippen molar-refractivity contribution in [3.8, 4) is 22.6 Å². The highest BCUT2D eigenvalue weighted by molar-refractivity contribution is 6.02. The third kappa shape index (κ3) is 4.87. The Morgan fingerprint density at radius 1 is 1.09 bits per heavy atom. The number of unbranched alkanes of at least 4 members (excludes halogenated alkanes) is 2. The van der Waals surface area contributed by atoms with Crippen molar-refractivity contribution in [2.75, 3.05) is 26.3 Å². The summed E-state index contributed by atoms with van der Waals surface area (Å²) >= 11 is 0. The van der Waals surface area contributed by atoms with Crippen LogP contribution in [0.5, 0.6) is 11.5 Å². The van der Waals surface area contributed by atoms with Crippen LogP contribution in [-0.4, -0.2) is 47.6 Å². The van der Waals surface area contributed by atoms with E-state index in [1.54, 1.807) is 0 Å². The molecule has 3 heterocycles. The van der Waals surface area contributed by atoms with Crippen LogP contribution < -0.4 is 15.2 Å². The largest absolute Gasteiger partial charge is 0.486 e. The van der Waals surface area contributed by atoms with Gasteiger partial charge in [0.25, 0.3) is 5.91 Å². The van der Waals surface area contributed by atoms with E-state index in [9.17, 15) is 9.59 Å². The third-order valence-corrected chi connectivity index (χ3v) is 6.71. The standard InChI is InChI=1S/C26H35N3O4/c1-3-4-5-8-20-25(19-10-11-21-22(17-19)33-16-15-32-21)24(26(27)31)18(2)29(20)14-7-13-28-12-6-9-23(28)30/h10-11,17H,3-9,12-16H2,1-2H3,(H2,27,31). The van der Waals surface area contributed by atoms with Gasteiger partial charge in [0.05, 0.1) is 5.56 Å². The van der Waals surface area contributed by atoms with Crippen LogP contribution in [0.1, 0.15) is 67.2 Å². The van der Waals surface area contributed by atoms with Crippen LogP contribution in [0.2, 0.25) is 0 Å². The Balaban J connectivity index is 1.71. The molecule has 178 valence electrons. The summed E-state index contributed by atoms with van der Waals surface area (Å²) in [4.78, 5) is 26.6. The molecular formula is C26H35N3O4. The number of carbonyl (C=O) groups excluding carboxylic acids is 2. The predicted molar refractivity (Wildman–Crippen MR) is 128 cm³/mol. The van der Waals surface area contributed by atoms with Crippen LogP contribution in [0.4, 0.5) is 0 Å². The van der Waals surface area contributed by atoms with E-state index in [1.165, 1.54) is 0 Å². The van der Waals surface area contributed by atoms with Gasteiger partial charge < -0.3 is 24.7 Å². The monoisotopic (exact) mass is 453 g/mol. The smallest absolute Gasteiger partial charge is 0.251 e. The lowest BCUT2D eigenvalue weighted by molar-refractivity contribution is -0.127. The molecule has 2 amide bonds. The van der Waals surface area contributed by atoms with Crippen molar-refractivity contribution in [2.45, 2.75) is 65.3 Å². The lowest BCUT2D eigenvalue weighted by atomic mass is 9.97. The SMILES string of the molecule is CCCCCc1c(-c2ccc3c(c2)OCCO3)c(C(N)=O)c(C)n1CCCN1CCCC1=O. The van der Waals surface area contributed by atoms with E-state index < -0.39 is 5.91 Å². The molecule has 2 aromatic rings. The number of carbonyl (C=O) groups is 2. The highest BCUT2D eigenvalue weighted by atomic mass is 16.6. The molecule has 7 heteroatoms. The van der Waals surface area contributed by atoms with Crippen molar-refractivity contribution in [1.82, 2.24) is 9.47 Å². The number of amides is 2. The zero-order valence-electron chi connectivity index (χ0n) is 19.8. The molecule has 7 nitrogen and oxygen atoms in total. The first kappa shape index (κ1) is 23.2. The summed E-state index contributed by atoms with van der Waals surface area (Å²) in [6.07, 6.45) is 6.61. The number of hydrogen-bond donors (Lipinski definition) is 1. The van der Waals surface area contributed by atoms with Gasteiger partial charge in [-0.25, -0.2) is 0 Å². The molecule has 1 saturated heterocycles. The molecule has 0 unspecified atom stereocenters. The number of primary amides is 1. The third-order valence-electron chi connectivity index (χ3n) is 6.71.